The minimum atomic E-state index is -0.0243. The molecule has 1 amide bonds. The Labute approximate surface area is 147 Å². The highest BCUT2D eigenvalue weighted by Crippen LogP contribution is 2.16. The number of rotatable bonds is 3. The third-order valence-electron chi connectivity index (χ3n) is 5.17. The lowest BCUT2D eigenvalue weighted by Gasteiger charge is -2.46. The Kier molecular flexibility index (Phi) is 4.27. The Morgan fingerprint density at radius 2 is 1.76 bits per heavy atom. The highest BCUT2D eigenvalue weighted by atomic mass is 16.2. The van der Waals surface area contributed by atoms with Gasteiger partial charge in [-0.1, -0.05) is 22.9 Å². The van der Waals surface area contributed by atoms with E-state index in [1.165, 1.54) is 5.56 Å². The van der Waals surface area contributed by atoms with Gasteiger partial charge < -0.3 is 9.80 Å². The van der Waals surface area contributed by atoms with Crippen molar-refractivity contribution in [1.82, 2.24) is 29.7 Å². The highest BCUT2D eigenvalue weighted by Gasteiger charge is 2.32. The van der Waals surface area contributed by atoms with Crippen LogP contribution >= 0.6 is 0 Å². The molecule has 0 bridgehead atoms. The molecule has 2 saturated heterocycles. The van der Waals surface area contributed by atoms with E-state index in [-0.39, 0.29) is 5.91 Å². The number of aryl methyl sites for hydroxylation is 1. The molecule has 0 unspecified atom stereocenters. The van der Waals surface area contributed by atoms with Crippen LogP contribution in [0.15, 0.2) is 30.5 Å². The van der Waals surface area contributed by atoms with Crippen molar-refractivity contribution in [2.24, 2.45) is 0 Å². The molecule has 2 fully saturated rings. The number of benzene rings is 1. The van der Waals surface area contributed by atoms with E-state index in [1.54, 1.807) is 10.9 Å². The molecule has 1 aromatic heterocycles. The van der Waals surface area contributed by atoms with Crippen LogP contribution in [0.2, 0.25) is 0 Å². The smallest absolute Gasteiger partial charge is 0.276 e. The average molecular weight is 340 g/mol. The second-order valence-electron chi connectivity index (χ2n) is 7.09. The van der Waals surface area contributed by atoms with Crippen molar-refractivity contribution < 1.29 is 4.79 Å². The lowest BCUT2D eigenvalue weighted by Crippen LogP contribution is -2.62. The zero-order valence-electron chi connectivity index (χ0n) is 14.8. The molecule has 0 saturated carbocycles. The first kappa shape index (κ1) is 16.2. The van der Waals surface area contributed by atoms with Gasteiger partial charge in [0.25, 0.3) is 5.91 Å². The van der Waals surface area contributed by atoms with Crippen molar-refractivity contribution in [3.8, 4) is 5.69 Å². The van der Waals surface area contributed by atoms with Gasteiger partial charge in [-0.25, -0.2) is 4.68 Å². The van der Waals surface area contributed by atoms with Crippen LogP contribution in [-0.4, -0.2) is 88.0 Å². The number of piperazine rings is 1. The van der Waals surface area contributed by atoms with Crippen LogP contribution in [0.3, 0.4) is 0 Å². The third kappa shape index (κ3) is 3.29. The van der Waals surface area contributed by atoms with E-state index in [2.05, 4.69) is 27.2 Å². The van der Waals surface area contributed by atoms with E-state index in [0.717, 1.165) is 45.0 Å². The second kappa shape index (κ2) is 6.57. The molecular formula is C18H24N6O. The molecule has 0 spiro atoms. The number of likely N-dealkylation sites (tertiary alicyclic amines) is 1. The zero-order valence-corrected chi connectivity index (χ0v) is 14.8. The predicted octanol–water partition coefficient (Wildman–Crippen LogP) is 0.648. The molecule has 132 valence electrons. The molecule has 0 radical (unpaired) electrons. The SMILES string of the molecule is Cc1ccc(-n2cc(C(=O)N3CCN(C4CN(C)C4)CC3)nn2)cc1. The molecule has 2 aliphatic heterocycles. The summed E-state index contributed by atoms with van der Waals surface area (Å²) in [5.41, 5.74) is 2.52. The monoisotopic (exact) mass is 340 g/mol. The van der Waals surface area contributed by atoms with Gasteiger partial charge in [0.05, 0.1) is 11.9 Å². The summed E-state index contributed by atoms with van der Waals surface area (Å²) in [6.45, 7) is 7.72. The molecule has 2 aromatic rings. The summed E-state index contributed by atoms with van der Waals surface area (Å²) in [5.74, 6) is -0.0243. The number of aromatic nitrogens is 3. The Hall–Kier alpha value is -2.25. The summed E-state index contributed by atoms with van der Waals surface area (Å²) in [4.78, 5) is 19.4. The number of carbonyl (C=O) groups is 1. The van der Waals surface area contributed by atoms with E-state index in [1.807, 2.05) is 36.1 Å². The molecule has 0 aliphatic carbocycles. The molecular weight excluding hydrogens is 316 g/mol. The quantitative estimate of drug-likeness (QED) is 0.821. The van der Waals surface area contributed by atoms with Crippen LogP contribution in [0.4, 0.5) is 0 Å². The summed E-state index contributed by atoms with van der Waals surface area (Å²) in [6.07, 6.45) is 1.72. The Balaban J connectivity index is 1.38. The average Bonchev–Trinajstić information content (AvgIpc) is 3.09. The fourth-order valence-electron chi connectivity index (χ4n) is 3.53. The molecule has 7 heteroatoms. The minimum Gasteiger partial charge on any atom is -0.335 e. The summed E-state index contributed by atoms with van der Waals surface area (Å²) in [7, 11) is 2.15. The Morgan fingerprint density at radius 3 is 2.40 bits per heavy atom. The fraction of sp³-hybridized carbons (Fsp3) is 0.500. The molecule has 3 heterocycles. The fourth-order valence-corrected chi connectivity index (χ4v) is 3.53. The molecule has 0 N–H and O–H groups in total. The lowest BCUT2D eigenvalue weighted by atomic mass is 10.1. The van der Waals surface area contributed by atoms with Crippen LogP contribution in [0.5, 0.6) is 0 Å². The van der Waals surface area contributed by atoms with E-state index in [9.17, 15) is 4.79 Å². The Bertz CT molecular complexity index is 741. The highest BCUT2D eigenvalue weighted by molar-refractivity contribution is 5.92. The maximum atomic E-state index is 12.7. The van der Waals surface area contributed by atoms with Gasteiger partial charge in [0.15, 0.2) is 5.69 Å². The summed E-state index contributed by atoms with van der Waals surface area (Å²) in [5, 5.41) is 8.19. The summed E-state index contributed by atoms with van der Waals surface area (Å²) in [6, 6.07) is 8.66. The van der Waals surface area contributed by atoms with Crippen LogP contribution < -0.4 is 0 Å². The van der Waals surface area contributed by atoms with Crippen molar-refractivity contribution in [3.05, 3.63) is 41.7 Å². The topological polar surface area (TPSA) is 57.5 Å². The van der Waals surface area contributed by atoms with Crippen molar-refractivity contribution in [3.63, 3.8) is 0 Å². The molecule has 7 nitrogen and oxygen atoms in total. The molecule has 0 atom stereocenters. The van der Waals surface area contributed by atoms with Crippen LogP contribution in [0.1, 0.15) is 16.1 Å². The van der Waals surface area contributed by atoms with Crippen LogP contribution in [-0.2, 0) is 0 Å². The van der Waals surface area contributed by atoms with E-state index >= 15 is 0 Å². The van der Waals surface area contributed by atoms with E-state index < -0.39 is 0 Å². The predicted molar refractivity (Wildman–Crippen MR) is 94.9 cm³/mol. The number of hydrogen-bond acceptors (Lipinski definition) is 5. The number of carbonyl (C=O) groups excluding carboxylic acids is 1. The number of nitrogens with zero attached hydrogens (tertiary/aromatic N) is 6. The first-order valence-corrected chi connectivity index (χ1v) is 8.81. The first-order valence-electron chi connectivity index (χ1n) is 8.81. The van der Waals surface area contributed by atoms with Gasteiger partial charge >= 0.3 is 0 Å². The third-order valence-corrected chi connectivity index (χ3v) is 5.17. The summed E-state index contributed by atoms with van der Waals surface area (Å²) >= 11 is 0. The van der Waals surface area contributed by atoms with Gasteiger partial charge in [-0.3, -0.25) is 9.69 Å². The normalized spacial score (nSPS) is 19.8. The Morgan fingerprint density at radius 1 is 1.08 bits per heavy atom. The largest absolute Gasteiger partial charge is 0.335 e. The van der Waals surface area contributed by atoms with Gasteiger partial charge in [0.2, 0.25) is 0 Å². The minimum absolute atomic E-state index is 0.0243. The van der Waals surface area contributed by atoms with Gasteiger partial charge in [-0.2, -0.15) is 0 Å². The molecule has 1 aromatic carbocycles. The van der Waals surface area contributed by atoms with Crippen LogP contribution in [0.25, 0.3) is 5.69 Å². The van der Waals surface area contributed by atoms with E-state index in [0.29, 0.717) is 11.7 Å². The maximum Gasteiger partial charge on any atom is 0.276 e. The maximum absolute atomic E-state index is 12.7. The number of hydrogen-bond donors (Lipinski definition) is 0. The van der Waals surface area contributed by atoms with Crippen molar-refractivity contribution in [2.75, 3.05) is 46.3 Å². The molecule has 2 aliphatic rings. The lowest BCUT2D eigenvalue weighted by molar-refractivity contribution is 0.0171. The van der Waals surface area contributed by atoms with Crippen LogP contribution in [0, 0.1) is 6.92 Å². The van der Waals surface area contributed by atoms with Gasteiger partial charge in [-0.05, 0) is 26.1 Å². The zero-order chi connectivity index (χ0) is 17.4. The van der Waals surface area contributed by atoms with E-state index in [4.69, 9.17) is 0 Å². The van der Waals surface area contributed by atoms with Crippen molar-refractivity contribution >= 4 is 5.91 Å². The van der Waals surface area contributed by atoms with Crippen molar-refractivity contribution in [1.29, 1.82) is 0 Å². The second-order valence-corrected chi connectivity index (χ2v) is 7.09. The number of likely N-dealkylation sites (N-methyl/N-ethyl adjacent to an activating group) is 1. The van der Waals surface area contributed by atoms with Gasteiger partial charge in [0, 0.05) is 45.3 Å². The number of amides is 1. The molecule has 4 rings (SSSR count). The standard InChI is InChI=1S/C18H24N6O/c1-14-3-5-15(6-4-14)24-13-17(19-20-24)18(25)23-9-7-22(8-10-23)16-11-21(2)12-16/h3-6,13,16H,7-12H2,1-2H3. The van der Waals surface area contributed by atoms with Gasteiger partial charge in [0.1, 0.15) is 0 Å². The van der Waals surface area contributed by atoms with Crippen molar-refractivity contribution in [2.45, 2.75) is 13.0 Å². The van der Waals surface area contributed by atoms with Gasteiger partial charge in [-0.15, -0.1) is 5.10 Å². The molecule has 25 heavy (non-hydrogen) atoms. The first-order chi connectivity index (χ1) is 12.1. The summed E-state index contributed by atoms with van der Waals surface area (Å²) < 4.78 is 1.66.